The Morgan fingerprint density at radius 1 is 1.19 bits per heavy atom. The Labute approximate surface area is 159 Å². The summed E-state index contributed by atoms with van der Waals surface area (Å²) in [4.78, 5) is 37.1. The molecule has 2 aromatic carbocycles. The highest BCUT2D eigenvalue weighted by atomic mass is 35.5. The average molecular weight is 388 g/mol. The van der Waals surface area contributed by atoms with Gasteiger partial charge in [0.15, 0.2) is 0 Å². The van der Waals surface area contributed by atoms with Crippen molar-refractivity contribution in [2.75, 3.05) is 13.6 Å². The van der Waals surface area contributed by atoms with Gasteiger partial charge in [0.1, 0.15) is 11.5 Å². The van der Waals surface area contributed by atoms with Crippen molar-refractivity contribution >= 4 is 40.6 Å². The van der Waals surface area contributed by atoms with Crippen molar-refractivity contribution in [1.82, 2.24) is 5.06 Å². The molecular formula is C19H15ClFN3O3. The van der Waals surface area contributed by atoms with Crippen LogP contribution < -0.4 is 0 Å². The number of benzene rings is 2. The van der Waals surface area contributed by atoms with Gasteiger partial charge in [-0.05, 0) is 30.3 Å². The smallest absolute Gasteiger partial charge is 0.329 e. The Balaban J connectivity index is 2.09. The molecule has 1 heterocycles. The Kier molecular flexibility index (Phi) is 5.32. The summed E-state index contributed by atoms with van der Waals surface area (Å²) in [6.07, 6.45) is 0. The molecule has 27 heavy (non-hydrogen) atoms. The van der Waals surface area contributed by atoms with Crippen LogP contribution in [0.4, 0.5) is 10.1 Å². The monoisotopic (exact) mass is 387 g/mol. The molecule has 1 aliphatic rings. The van der Waals surface area contributed by atoms with Crippen LogP contribution >= 0.6 is 11.6 Å². The summed E-state index contributed by atoms with van der Waals surface area (Å²) in [5.41, 5.74) is 1.59. The van der Waals surface area contributed by atoms with Crippen LogP contribution in [0.3, 0.4) is 0 Å². The Bertz CT molecular complexity index is 988. The van der Waals surface area contributed by atoms with Crippen molar-refractivity contribution in [3.63, 3.8) is 0 Å². The van der Waals surface area contributed by atoms with Gasteiger partial charge in [0, 0.05) is 30.1 Å². The summed E-state index contributed by atoms with van der Waals surface area (Å²) in [6.45, 7) is 1.07. The average Bonchev–Trinajstić information content (AvgIpc) is 2.80. The van der Waals surface area contributed by atoms with E-state index in [9.17, 15) is 14.0 Å². The maximum atomic E-state index is 14.3. The first-order valence-electron chi connectivity index (χ1n) is 8.00. The maximum Gasteiger partial charge on any atom is 0.329 e. The van der Waals surface area contributed by atoms with Gasteiger partial charge in [-0.15, -0.1) is 0 Å². The van der Waals surface area contributed by atoms with Crippen molar-refractivity contribution in [3.05, 3.63) is 64.4 Å². The predicted octanol–water partition coefficient (Wildman–Crippen LogP) is 3.34. The van der Waals surface area contributed by atoms with Crippen LogP contribution in [0.25, 0.3) is 0 Å². The Hall–Kier alpha value is -3.06. The van der Waals surface area contributed by atoms with E-state index in [0.29, 0.717) is 22.0 Å². The molecule has 6 nitrogen and oxygen atoms in total. The van der Waals surface area contributed by atoms with Gasteiger partial charge in [0.25, 0.3) is 0 Å². The van der Waals surface area contributed by atoms with Gasteiger partial charge in [-0.25, -0.2) is 9.38 Å². The molecule has 0 N–H and O–H groups in total. The number of hydrogen-bond acceptors (Lipinski definition) is 5. The fourth-order valence-corrected chi connectivity index (χ4v) is 2.80. The van der Waals surface area contributed by atoms with E-state index in [0.717, 1.165) is 5.06 Å². The normalized spacial score (nSPS) is 13.0. The lowest BCUT2D eigenvalue weighted by Gasteiger charge is -2.15. The van der Waals surface area contributed by atoms with Crippen LogP contribution in [0.1, 0.15) is 18.1 Å². The molecule has 0 saturated carbocycles. The first kappa shape index (κ1) is 18.7. The van der Waals surface area contributed by atoms with E-state index in [1.807, 2.05) is 0 Å². The van der Waals surface area contributed by atoms with Crippen LogP contribution in [0.5, 0.6) is 0 Å². The number of amides is 1. The minimum absolute atomic E-state index is 0.0497. The predicted molar refractivity (Wildman–Crippen MR) is 100.0 cm³/mol. The zero-order chi connectivity index (χ0) is 19.6. The molecule has 2 aromatic rings. The fraction of sp³-hybridized carbons (Fsp3) is 0.158. The summed E-state index contributed by atoms with van der Waals surface area (Å²) < 4.78 is 14.3. The number of aliphatic imine (C=N–C) groups is 2. The van der Waals surface area contributed by atoms with Crippen LogP contribution in [-0.4, -0.2) is 42.0 Å². The van der Waals surface area contributed by atoms with Crippen LogP contribution in [-0.2, 0) is 14.4 Å². The molecule has 0 aliphatic carbocycles. The summed E-state index contributed by atoms with van der Waals surface area (Å²) in [7, 11) is 1.31. The zero-order valence-corrected chi connectivity index (χ0v) is 15.3. The highest BCUT2D eigenvalue weighted by Gasteiger charge is 2.24. The molecule has 0 radical (unpaired) electrons. The van der Waals surface area contributed by atoms with Gasteiger partial charge >= 0.3 is 11.9 Å². The number of rotatable bonds is 2. The van der Waals surface area contributed by atoms with Crippen molar-refractivity contribution in [3.8, 4) is 0 Å². The summed E-state index contributed by atoms with van der Waals surface area (Å²) in [5.74, 6) is -1.71. The third kappa shape index (κ3) is 4.03. The topological polar surface area (TPSA) is 71.3 Å². The SMILES string of the molecule is CC(=O)ON(C)C(=O)C1=Nc2ccc(Cl)cc2C(c2ccccc2F)=NC1. The Morgan fingerprint density at radius 3 is 2.63 bits per heavy atom. The number of fused-ring (bicyclic) bond motifs is 1. The zero-order valence-electron chi connectivity index (χ0n) is 14.6. The first-order valence-corrected chi connectivity index (χ1v) is 8.38. The minimum atomic E-state index is -0.636. The van der Waals surface area contributed by atoms with Gasteiger partial charge in [-0.2, -0.15) is 5.06 Å². The molecule has 0 saturated heterocycles. The quantitative estimate of drug-likeness (QED) is 0.742. The van der Waals surface area contributed by atoms with E-state index >= 15 is 0 Å². The van der Waals surface area contributed by atoms with Crippen LogP contribution in [0, 0.1) is 5.82 Å². The maximum absolute atomic E-state index is 14.3. The highest BCUT2D eigenvalue weighted by Crippen LogP contribution is 2.29. The molecule has 3 rings (SSSR count). The number of hydroxylamine groups is 2. The third-order valence-electron chi connectivity index (χ3n) is 3.78. The van der Waals surface area contributed by atoms with Gasteiger partial charge in [0.05, 0.1) is 17.9 Å². The largest absolute Gasteiger partial charge is 0.338 e. The number of carbonyl (C=O) groups is 2. The van der Waals surface area contributed by atoms with Crippen LogP contribution in [0.15, 0.2) is 52.4 Å². The van der Waals surface area contributed by atoms with Gasteiger partial charge < -0.3 is 4.84 Å². The summed E-state index contributed by atoms with van der Waals surface area (Å²) in [5, 5.41) is 1.22. The van der Waals surface area contributed by atoms with E-state index in [1.54, 1.807) is 36.4 Å². The molecule has 0 fully saturated rings. The van der Waals surface area contributed by atoms with E-state index in [2.05, 4.69) is 9.98 Å². The molecule has 1 amide bonds. The molecule has 0 aromatic heterocycles. The molecule has 138 valence electrons. The lowest BCUT2D eigenvalue weighted by atomic mass is 10.0. The number of nitrogens with zero attached hydrogens (tertiary/aromatic N) is 3. The van der Waals surface area contributed by atoms with Crippen molar-refractivity contribution in [2.45, 2.75) is 6.92 Å². The van der Waals surface area contributed by atoms with E-state index in [4.69, 9.17) is 16.4 Å². The standard InChI is InChI=1S/C19H15ClFN3O3/c1-11(25)27-24(2)19(26)17-10-22-18(13-5-3-4-6-15(13)21)14-9-12(20)7-8-16(14)23-17/h3-9H,10H2,1-2H3. The molecule has 0 unspecified atom stereocenters. The summed E-state index contributed by atoms with van der Waals surface area (Å²) >= 11 is 6.10. The van der Waals surface area contributed by atoms with E-state index in [-0.39, 0.29) is 17.8 Å². The van der Waals surface area contributed by atoms with Crippen molar-refractivity contribution < 1.29 is 18.8 Å². The fourth-order valence-electron chi connectivity index (χ4n) is 2.63. The molecule has 0 atom stereocenters. The highest BCUT2D eigenvalue weighted by molar-refractivity contribution is 6.41. The second-order valence-electron chi connectivity index (χ2n) is 5.75. The number of halogens is 2. The van der Waals surface area contributed by atoms with Crippen molar-refractivity contribution in [2.24, 2.45) is 9.98 Å². The molecule has 8 heteroatoms. The van der Waals surface area contributed by atoms with Gasteiger partial charge in [-0.3, -0.25) is 14.6 Å². The lowest BCUT2D eigenvalue weighted by Crippen LogP contribution is -2.36. The Morgan fingerprint density at radius 2 is 1.93 bits per heavy atom. The second-order valence-corrected chi connectivity index (χ2v) is 6.19. The second kappa shape index (κ2) is 7.67. The molecule has 0 bridgehead atoms. The summed E-state index contributed by atoms with van der Waals surface area (Å²) in [6, 6.07) is 11.1. The molecule has 1 aliphatic heterocycles. The molecular weight excluding hydrogens is 373 g/mol. The number of hydrogen-bond donors (Lipinski definition) is 0. The first-order chi connectivity index (χ1) is 12.9. The van der Waals surface area contributed by atoms with Crippen molar-refractivity contribution in [1.29, 1.82) is 0 Å². The molecule has 0 spiro atoms. The van der Waals surface area contributed by atoms with E-state index < -0.39 is 17.7 Å². The van der Waals surface area contributed by atoms with Crippen LogP contribution in [0.2, 0.25) is 5.02 Å². The lowest BCUT2D eigenvalue weighted by molar-refractivity contribution is -0.186. The minimum Gasteiger partial charge on any atom is -0.338 e. The van der Waals surface area contributed by atoms with Gasteiger partial charge in [0.2, 0.25) is 0 Å². The van der Waals surface area contributed by atoms with E-state index in [1.165, 1.54) is 20.0 Å². The third-order valence-corrected chi connectivity index (χ3v) is 4.02. The number of carbonyl (C=O) groups excluding carboxylic acids is 2. The van der Waals surface area contributed by atoms with Gasteiger partial charge in [-0.1, -0.05) is 23.7 Å².